The summed E-state index contributed by atoms with van der Waals surface area (Å²) in [6.45, 7) is 2.33. The van der Waals surface area contributed by atoms with Gasteiger partial charge in [-0.15, -0.1) is 0 Å². The normalized spacial score (nSPS) is 23.2. The maximum Gasteiger partial charge on any atom is 0.243 e. The van der Waals surface area contributed by atoms with Gasteiger partial charge in [0.1, 0.15) is 6.04 Å². The molecule has 1 saturated heterocycles. The highest BCUT2D eigenvalue weighted by Crippen LogP contribution is 2.27. The third kappa shape index (κ3) is 2.96. The molecule has 1 saturated carbocycles. The summed E-state index contributed by atoms with van der Waals surface area (Å²) in [4.78, 5) is 12.5. The van der Waals surface area contributed by atoms with E-state index >= 15 is 0 Å². The monoisotopic (exact) mass is 308 g/mol. The van der Waals surface area contributed by atoms with Gasteiger partial charge in [0.15, 0.2) is 0 Å². The highest BCUT2D eigenvalue weighted by molar-refractivity contribution is 7.89. The summed E-state index contributed by atoms with van der Waals surface area (Å²) in [6.07, 6.45) is 3.34. The second kappa shape index (κ2) is 5.42. The molecule has 0 radical (unpaired) electrons. The van der Waals surface area contributed by atoms with Crippen LogP contribution in [0.25, 0.3) is 0 Å². The van der Waals surface area contributed by atoms with E-state index < -0.39 is 16.1 Å². The Morgan fingerprint density at radius 2 is 1.86 bits per heavy atom. The van der Waals surface area contributed by atoms with Crippen LogP contribution in [-0.2, 0) is 14.8 Å². The standard InChI is InChI=1S/C15H20N2O3S/c1-11-4-8-13(9-5-11)21(19,20)17-10-2-3-14(17)15(18)16-12-6-7-12/h4-5,8-9,12,14H,2-3,6-7,10H2,1H3,(H,16,18). The minimum Gasteiger partial charge on any atom is -0.352 e. The largest absolute Gasteiger partial charge is 0.352 e. The van der Waals surface area contributed by atoms with E-state index in [1.54, 1.807) is 24.3 Å². The van der Waals surface area contributed by atoms with Crippen molar-refractivity contribution in [3.8, 4) is 0 Å². The SMILES string of the molecule is Cc1ccc(S(=O)(=O)N2CCCC2C(=O)NC2CC2)cc1. The Morgan fingerprint density at radius 1 is 1.19 bits per heavy atom. The number of rotatable bonds is 4. The molecule has 5 nitrogen and oxygen atoms in total. The lowest BCUT2D eigenvalue weighted by Crippen LogP contribution is -2.46. The summed E-state index contributed by atoms with van der Waals surface area (Å²) in [6, 6.07) is 6.47. The lowest BCUT2D eigenvalue weighted by atomic mass is 10.2. The van der Waals surface area contributed by atoms with Crippen LogP contribution in [0.4, 0.5) is 0 Å². The van der Waals surface area contributed by atoms with Gasteiger partial charge in [-0.25, -0.2) is 8.42 Å². The van der Waals surface area contributed by atoms with E-state index in [4.69, 9.17) is 0 Å². The van der Waals surface area contributed by atoms with Gasteiger partial charge in [-0.3, -0.25) is 4.79 Å². The second-order valence-corrected chi connectivity index (χ2v) is 7.76. The van der Waals surface area contributed by atoms with Crippen LogP contribution < -0.4 is 5.32 Å². The zero-order valence-corrected chi connectivity index (χ0v) is 12.9. The average molecular weight is 308 g/mol. The number of hydrogen-bond donors (Lipinski definition) is 1. The van der Waals surface area contributed by atoms with E-state index in [0.717, 1.165) is 24.8 Å². The van der Waals surface area contributed by atoms with E-state index in [0.29, 0.717) is 13.0 Å². The molecule has 1 N–H and O–H groups in total. The molecule has 0 aromatic heterocycles. The first kappa shape index (κ1) is 14.5. The number of benzene rings is 1. The molecule has 1 atom stereocenters. The number of nitrogens with one attached hydrogen (secondary N) is 1. The Bertz CT molecular complexity index is 635. The molecule has 0 bridgehead atoms. The molecule has 1 aromatic carbocycles. The fraction of sp³-hybridized carbons (Fsp3) is 0.533. The Balaban J connectivity index is 1.82. The third-order valence-electron chi connectivity index (χ3n) is 4.06. The van der Waals surface area contributed by atoms with Crippen LogP contribution in [-0.4, -0.2) is 37.3 Å². The van der Waals surface area contributed by atoms with Crippen molar-refractivity contribution >= 4 is 15.9 Å². The van der Waals surface area contributed by atoms with Gasteiger partial charge in [-0.1, -0.05) is 17.7 Å². The van der Waals surface area contributed by atoms with Crippen LogP contribution >= 0.6 is 0 Å². The third-order valence-corrected chi connectivity index (χ3v) is 5.98. The van der Waals surface area contributed by atoms with E-state index in [9.17, 15) is 13.2 Å². The van der Waals surface area contributed by atoms with Crippen LogP contribution in [0.5, 0.6) is 0 Å². The van der Waals surface area contributed by atoms with Crippen molar-refractivity contribution in [1.29, 1.82) is 0 Å². The number of hydrogen-bond acceptors (Lipinski definition) is 3. The zero-order valence-electron chi connectivity index (χ0n) is 12.1. The number of amides is 1. The highest BCUT2D eigenvalue weighted by Gasteiger charge is 2.40. The molecule has 1 aromatic rings. The van der Waals surface area contributed by atoms with Crippen molar-refractivity contribution in [2.75, 3.05) is 6.54 Å². The fourth-order valence-electron chi connectivity index (χ4n) is 2.66. The first-order chi connectivity index (χ1) is 9.98. The van der Waals surface area contributed by atoms with Crippen molar-refractivity contribution in [2.24, 2.45) is 0 Å². The molecule has 1 unspecified atom stereocenters. The van der Waals surface area contributed by atoms with Gasteiger partial charge >= 0.3 is 0 Å². The molecule has 1 aliphatic heterocycles. The number of sulfonamides is 1. The number of aryl methyl sites for hydroxylation is 1. The van der Waals surface area contributed by atoms with Gasteiger partial charge < -0.3 is 5.32 Å². The first-order valence-electron chi connectivity index (χ1n) is 7.37. The van der Waals surface area contributed by atoms with Crippen LogP contribution in [0.2, 0.25) is 0 Å². The smallest absolute Gasteiger partial charge is 0.243 e. The molecule has 114 valence electrons. The van der Waals surface area contributed by atoms with Crippen LogP contribution in [0, 0.1) is 6.92 Å². The molecular weight excluding hydrogens is 288 g/mol. The minimum absolute atomic E-state index is 0.148. The van der Waals surface area contributed by atoms with Crippen molar-refractivity contribution in [1.82, 2.24) is 9.62 Å². The van der Waals surface area contributed by atoms with Crippen LogP contribution in [0.15, 0.2) is 29.2 Å². The predicted octanol–water partition coefficient (Wildman–Crippen LogP) is 1.43. The molecule has 2 fully saturated rings. The predicted molar refractivity (Wildman–Crippen MR) is 79.3 cm³/mol. The van der Waals surface area contributed by atoms with Gasteiger partial charge in [0.05, 0.1) is 4.90 Å². The topological polar surface area (TPSA) is 66.5 Å². The summed E-state index contributed by atoms with van der Waals surface area (Å²) in [7, 11) is -3.59. The van der Waals surface area contributed by atoms with Crippen molar-refractivity contribution in [2.45, 2.75) is 49.6 Å². The minimum atomic E-state index is -3.59. The van der Waals surface area contributed by atoms with Gasteiger partial charge in [0, 0.05) is 12.6 Å². The Morgan fingerprint density at radius 3 is 2.48 bits per heavy atom. The van der Waals surface area contributed by atoms with Gasteiger partial charge in [-0.2, -0.15) is 4.31 Å². The molecule has 1 aliphatic carbocycles. The molecule has 21 heavy (non-hydrogen) atoms. The van der Waals surface area contributed by atoms with Crippen LogP contribution in [0.3, 0.4) is 0 Å². The maximum absolute atomic E-state index is 12.7. The zero-order chi connectivity index (χ0) is 15.0. The van der Waals surface area contributed by atoms with Crippen molar-refractivity contribution in [3.63, 3.8) is 0 Å². The van der Waals surface area contributed by atoms with Gasteiger partial charge in [0.25, 0.3) is 0 Å². The second-order valence-electron chi connectivity index (χ2n) is 5.87. The lowest BCUT2D eigenvalue weighted by molar-refractivity contribution is -0.124. The van der Waals surface area contributed by atoms with Crippen LogP contribution in [0.1, 0.15) is 31.2 Å². The van der Waals surface area contributed by atoms with Gasteiger partial charge in [0.2, 0.25) is 15.9 Å². The van der Waals surface area contributed by atoms with E-state index in [1.165, 1.54) is 4.31 Å². The highest BCUT2D eigenvalue weighted by atomic mass is 32.2. The van der Waals surface area contributed by atoms with E-state index in [2.05, 4.69) is 5.32 Å². The molecule has 1 heterocycles. The lowest BCUT2D eigenvalue weighted by Gasteiger charge is -2.23. The average Bonchev–Trinajstić information content (AvgIpc) is 3.11. The quantitative estimate of drug-likeness (QED) is 0.915. The first-order valence-corrected chi connectivity index (χ1v) is 8.81. The summed E-state index contributed by atoms with van der Waals surface area (Å²) in [5.41, 5.74) is 1.01. The number of carbonyl (C=O) groups is 1. The van der Waals surface area contributed by atoms with Crippen molar-refractivity contribution < 1.29 is 13.2 Å². The number of nitrogens with zero attached hydrogens (tertiary/aromatic N) is 1. The number of carbonyl (C=O) groups excluding carboxylic acids is 1. The summed E-state index contributed by atoms with van der Waals surface area (Å²) >= 11 is 0. The maximum atomic E-state index is 12.7. The van der Waals surface area contributed by atoms with E-state index in [-0.39, 0.29) is 16.8 Å². The van der Waals surface area contributed by atoms with Gasteiger partial charge in [-0.05, 0) is 44.7 Å². The summed E-state index contributed by atoms with van der Waals surface area (Å²) in [5.74, 6) is -0.148. The Hall–Kier alpha value is -1.40. The Kier molecular flexibility index (Phi) is 3.75. The molecule has 1 amide bonds. The molecule has 3 rings (SSSR count). The molecule has 6 heteroatoms. The molecule has 0 spiro atoms. The fourth-order valence-corrected chi connectivity index (χ4v) is 4.32. The summed E-state index contributed by atoms with van der Waals surface area (Å²) < 4.78 is 26.8. The van der Waals surface area contributed by atoms with E-state index in [1.807, 2.05) is 6.92 Å². The Labute approximate surface area is 125 Å². The molecule has 2 aliphatic rings. The molecular formula is C15H20N2O3S. The van der Waals surface area contributed by atoms with Crippen molar-refractivity contribution in [3.05, 3.63) is 29.8 Å². The summed E-state index contributed by atoms with van der Waals surface area (Å²) in [5, 5.41) is 2.91.